The molecular formula is C13H16ClNO2S. The second-order valence-corrected chi connectivity index (χ2v) is 6.50. The van der Waals surface area contributed by atoms with Gasteiger partial charge in [0.05, 0.1) is 0 Å². The summed E-state index contributed by atoms with van der Waals surface area (Å²) in [4.78, 5) is 11.5. The van der Waals surface area contributed by atoms with Crippen LogP contribution in [-0.4, -0.2) is 22.4 Å². The van der Waals surface area contributed by atoms with Crippen molar-refractivity contribution >= 4 is 28.3 Å². The van der Waals surface area contributed by atoms with Gasteiger partial charge in [0.25, 0.3) is 0 Å². The normalized spacial score (nSPS) is 16.3. The summed E-state index contributed by atoms with van der Waals surface area (Å²) in [7, 11) is -1.17. The van der Waals surface area contributed by atoms with E-state index in [2.05, 4.69) is 5.32 Å². The highest BCUT2D eigenvalue weighted by molar-refractivity contribution is 7.84. The zero-order valence-electron chi connectivity index (χ0n) is 10.0. The van der Waals surface area contributed by atoms with Gasteiger partial charge in [-0.15, -0.1) is 0 Å². The summed E-state index contributed by atoms with van der Waals surface area (Å²) in [5, 5.41) is 3.44. The second kappa shape index (κ2) is 6.34. The first-order valence-electron chi connectivity index (χ1n) is 5.99. The maximum absolute atomic E-state index is 11.8. The van der Waals surface area contributed by atoms with E-state index in [1.165, 1.54) is 12.8 Å². The minimum atomic E-state index is -1.17. The fourth-order valence-corrected chi connectivity index (χ4v) is 2.90. The lowest BCUT2D eigenvalue weighted by atomic mass is 10.2. The molecule has 0 spiro atoms. The molecule has 0 bridgehead atoms. The third-order valence-electron chi connectivity index (χ3n) is 2.79. The van der Waals surface area contributed by atoms with Crippen LogP contribution in [0.1, 0.15) is 18.4 Å². The van der Waals surface area contributed by atoms with Gasteiger partial charge in [0.1, 0.15) is 5.75 Å². The van der Waals surface area contributed by atoms with E-state index in [-0.39, 0.29) is 11.7 Å². The molecule has 1 atom stereocenters. The molecule has 1 N–H and O–H groups in total. The summed E-state index contributed by atoms with van der Waals surface area (Å²) in [6, 6.07) is 7.24. The van der Waals surface area contributed by atoms with E-state index in [4.69, 9.17) is 11.6 Å². The van der Waals surface area contributed by atoms with Gasteiger partial charge >= 0.3 is 0 Å². The standard InChI is InChI=1S/C13H16ClNO2S/c14-12-3-1-2-11(6-12)8-18(17)9-13(16)15-7-10-4-5-10/h1-3,6,10H,4-5,7-9H2,(H,15,16)/t18-/m1/s1. The molecular weight excluding hydrogens is 270 g/mol. The quantitative estimate of drug-likeness (QED) is 0.870. The fourth-order valence-electron chi connectivity index (χ4n) is 1.64. The Kier molecular flexibility index (Phi) is 4.78. The predicted octanol–water partition coefficient (Wildman–Crippen LogP) is 2.11. The van der Waals surface area contributed by atoms with Gasteiger partial charge < -0.3 is 5.32 Å². The molecule has 18 heavy (non-hydrogen) atoms. The Labute approximate surface area is 114 Å². The molecule has 0 saturated heterocycles. The number of rotatable bonds is 6. The summed E-state index contributed by atoms with van der Waals surface area (Å²) >= 11 is 5.85. The van der Waals surface area contributed by atoms with Gasteiger partial charge in [0.15, 0.2) is 0 Å². The van der Waals surface area contributed by atoms with E-state index in [0.717, 1.165) is 12.1 Å². The molecule has 98 valence electrons. The molecule has 1 amide bonds. The maximum Gasteiger partial charge on any atom is 0.232 e. The molecule has 1 aromatic carbocycles. The third kappa shape index (κ3) is 4.78. The Morgan fingerprint density at radius 1 is 1.44 bits per heavy atom. The van der Waals surface area contributed by atoms with Gasteiger partial charge in [-0.2, -0.15) is 0 Å². The fraction of sp³-hybridized carbons (Fsp3) is 0.462. The summed E-state index contributed by atoms with van der Waals surface area (Å²) in [6.07, 6.45) is 2.40. The Morgan fingerprint density at radius 2 is 2.22 bits per heavy atom. The average molecular weight is 286 g/mol. The van der Waals surface area contributed by atoms with Crippen molar-refractivity contribution in [2.24, 2.45) is 5.92 Å². The highest BCUT2D eigenvalue weighted by atomic mass is 35.5. The third-order valence-corrected chi connectivity index (χ3v) is 4.27. The first kappa shape index (κ1) is 13.6. The number of carbonyl (C=O) groups is 1. The zero-order chi connectivity index (χ0) is 13.0. The van der Waals surface area contributed by atoms with Crippen molar-refractivity contribution in [2.45, 2.75) is 18.6 Å². The minimum absolute atomic E-state index is 0.0687. The Morgan fingerprint density at radius 3 is 2.89 bits per heavy atom. The molecule has 5 heteroatoms. The van der Waals surface area contributed by atoms with Crippen LogP contribution in [0, 0.1) is 5.92 Å². The van der Waals surface area contributed by atoms with Crippen LogP contribution in [0.15, 0.2) is 24.3 Å². The first-order valence-corrected chi connectivity index (χ1v) is 7.86. The van der Waals surface area contributed by atoms with Crippen LogP contribution >= 0.6 is 11.6 Å². The maximum atomic E-state index is 11.8. The molecule has 2 rings (SSSR count). The van der Waals surface area contributed by atoms with E-state index in [1.807, 2.05) is 12.1 Å². The molecule has 0 aromatic heterocycles. The number of amides is 1. The lowest BCUT2D eigenvalue weighted by Crippen LogP contribution is -2.30. The smallest absolute Gasteiger partial charge is 0.232 e. The lowest BCUT2D eigenvalue weighted by Gasteiger charge is -2.05. The number of nitrogens with one attached hydrogen (secondary N) is 1. The molecule has 0 unspecified atom stereocenters. The number of benzene rings is 1. The highest BCUT2D eigenvalue weighted by Gasteiger charge is 2.21. The van der Waals surface area contributed by atoms with Gasteiger partial charge in [-0.1, -0.05) is 23.7 Å². The van der Waals surface area contributed by atoms with Crippen molar-refractivity contribution in [3.63, 3.8) is 0 Å². The van der Waals surface area contributed by atoms with Crippen LogP contribution in [0.5, 0.6) is 0 Å². The van der Waals surface area contributed by atoms with E-state index >= 15 is 0 Å². The van der Waals surface area contributed by atoms with Crippen LogP contribution in [0.3, 0.4) is 0 Å². The molecule has 0 aliphatic heterocycles. The highest BCUT2D eigenvalue weighted by Crippen LogP contribution is 2.27. The molecule has 1 fully saturated rings. The van der Waals surface area contributed by atoms with E-state index in [9.17, 15) is 9.00 Å². The van der Waals surface area contributed by atoms with Crippen molar-refractivity contribution in [1.29, 1.82) is 0 Å². The van der Waals surface area contributed by atoms with E-state index in [0.29, 0.717) is 16.7 Å². The van der Waals surface area contributed by atoms with Crippen LogP contribution in [0.4, 0.5) is 0 Å². The summed E-state index contributed by atoms with van der Waals surface area (Å²) < 4.78 is 11.8. The molecule has 1 aromatic rings. The number of carbonyl (C=O) groups excluding carboxylic acids is 1. The van der Waals surface area contributed by atoms with Crippen molar-refractivity contribution in [3.05, 3.63) is 34.9 Å². The Balaban J connectivity index is 1.75. The molecule has 1 aliphatic carbocycles. The van der Waals surface area contributed by atoms with Crippen LogP contribution < -0.4 is 5.32 Å². The van der Waals surface area contributed by atoms with Crippen LogP contribution in [-0.2, 0) is 21.3 Å². The SMILES string of the molecule is O=C(C[S@](=O)Cc1cccc(Cl)c1)NCC1CC1. The van der Waals surface area contributed by atoms with E-state index in [1.54, 1.807) is 12.1 Å². The van der Waals surface area contributed by atoms with Gasteiger partial charge in [-0.25, -0.2) is 0 Å². The van der Waals surface area contributed by atoms with Crippen molar-refractivity contribution in [2.75, 3.05) is 12.3 Å². The van der Waals surface area contributed by atoms with Gasteiger partial charge in [-0.05, 0) is 36.5 Å². The first-order chi connectivity index (χ1) is 8.63. The monoisotopic (exact) mass is 285 g/mol. The Bertz CT molecular complexity index is 460. The van der Waals surface area contributed by atoms with Crippen LogP contribution in [0.2, 0.25) is 5.02 Å². The molecule has 3 nitrogen and oxygen atoms in total. The largest absolute Gasteiger partial charge is 0.355 e. The van der Waals surface area contributed by atoms with Crippen molar-refractivity contribution < 1.29 is 9.00 Å². The average Bonchev–Trinajstić information content (AvgIpc) is 3.09. The van der Waals surface area contributed by atoms with Crippen molar-refractivity contribution in [3.8, 4) is 0 Å². The topological polar surface area (TPSA) is 46.2 Å². The molecule has 0 radical (unpaired) electrons. The van der Waals surface area contributed by atoms with Crippen LogP contribution in [0.25, 0.3) is 0 Å². The minimum Gasteiger partial charge on any atom is -0.355 e. The summed E-state index contributed by atoms with van der Waals surface area (Å²) in [5.74, 6) is 0.967. The second-order valence-electron chi connectivity index (χ2n) is 4.61. The molecule has 0 heterocycles. The molecule has 1 aliphatic rings. The van der Waals surface area contributed by atoms with Gasteiger partial charge in [0, 0.05) is 28.1 Å². The number of hydrogen-bond donors (Lipinski definition) is 1. The zero-order valence-corrected chi connectivity index (χ0v) is 11.6. The summed E-state index contributed by atoms with van der Waals surface area (Å²) in [6.45, 7) is 0.729. The van der Waals surface area contributed by atoms with E-state index < -0.39 is 10.8 Å². The van der Waals surface area contributed by atoms with Gasteiger partial charge in [-0.3, -0.25) is 9.00 Å². The molecule has 1 saturated carbocycles. The number of hydrogen-bond acceptors (Lipinski definition) is 2. The summed E-state index contributed by atoms with van der Waals surface area (Å²) in [5.41, 5.74) is 0.899. The lowest BCUT2D eigenvalue weighted by molar-refractivity contribution is -0.118. The van der Waals surface area contributed by atoms with Gasteiger partial charge in [0.2, 0.25) is 5.91 Å². The number of halogens is 1. The Hall–Kier alpha value is -0.870. The predicted molar refractivity (Wildman–Crippen MR) is 73.9 cm³/mol. The van der Waals surface area contributed by atoms with Crippen molar-refractivity contribution in [1.82, 2.24) is 5.32 Å².